The number of amides is 2. The van der Waals surface area contributed by atoms with Crippen LogP contribution < -0.4 is 0 Å². The number of nitrogens with zero attached hydrogens (tertiary/aromatic N) is 2. The van der Waals surface area contributed by atoms with E-state index in [4.69, 9.17) is 4.84 Å². The van der Waals surface area contributed by atoms with Crippen LogP contribution in [0.5, 0.6) is 0 Å². The van der Waals surface area contributed by atoms with Gasteiger partial charge in [-0.05, 0) is 31.5 Å². The molecule has 2 aromatic rings. The third-order valence-corrected chi connectivity index (χ3v) is 4.91. The van der Waals surface area contributed by atoms with Crippen molar-refractivity contribution in [2.45, 2.75) is 31.8 Å². The molecule has 0 radical (unpaired) electrons. The fraction of sp³-hybridized carbons (Fsp3) is 0.286. The van der Waals surface area contributed by atoms with Crippen LogP contribution in [-0.2, 0) is 4.84 Å². The van der Waals surface area contributed by atoms with Gasteiger partial charge in [-0.1, -0.05) is 47.6 Å². The summed E-state index contributed by atoms with van der Waals surface area (Å²) in [5.41, 5.74) is 2.31. The topological polar surface area (TPSA) is 59.0 Å². The van der Waals surface area contributed by atoms with E-state index in [-0.39, 0.29) is 24.3 Å². The lowest BCUT2D eigenvalue weighted by Gasteiger charge is -2.34. The summed E-state index contributed by atoms with van der Waals surface area (Å²) in [4.78, 5) is 32.2. The molecule has 132 valence electrons. The second-order valence-electron chi connectivity index (χ2n) is 7.34. The molecule has 2 aromatic carbocycles. The lowest BCUT2D eigenvalue weighted by molar-refractivity contribution is -0.0336. The molecule has 5 heteroatoms. The molecule has 0 aromatic heterocycles. The molecule has 2 aliphatic rings. The van der Waals surface area contributed by atoms with Crippen molar-refractivity contribution < 1.29 is 14.4 Å². The molecule has 0 spiro atoms. The summed E-state index contributed by atoms with van der Waals surface area (Å²) >= 11 is 0. The number of benzene rings is 2. The van der Waals surface area contributed by atoms with E-state index in [9.17, 15) is 9.59 Å². The van der Waals surface area contributed by atoms with Crippen molar-refractivity contribution >= 4 is 17.5 Å². The molecule has 1 atom stereocenters. The molecule has 5 nitrogen and oxygen atoms in total. The predicted octanol–water partition coefficient (Wildman–Crippen LogP) is 3.62. The molecule has 2 amide bonds. The minimum absolute atomic E-state index is 0.00395. The minimum atomic E-state index is -0.397. The molecular formula is C21H20N2O3. The highest BCUT2D eigenvalue weighted by atomic mass is 16.6. The number of rotatable bonds is 3. The maximum atomic E-state index is 12.7. The number of oxime groups is 1. The molecular weight excluding hydrogens is 328 g/mol. The summed E-state index contributed by atoms with van der Waals surface area (Å²) in [5, 5.41) is 4.31. The Bertz CT molecular complexity index is 867. The van der Waals surface area contributed by atoms with Gasteiger partial charge < -0.3 is 4.84 Å². The van der Waals surface area contributed by atoms with Gasteiger partial charge in [0.15, 0.2) is 0 Å². The first kappa shape index (κ1) is 16.5. The molecule has 0 saturated carbocycles. The van der Waals surface area contributed by atoms with Crippen molar-refractivity contribution in [1.29, 1.82) is 0 Å². The van der Waals surface area contributed by atoms with Crippen LogP contribution in [-0.4, -0.2) is 34.6 Å². The minimum Gasteiger partial charge on any atom is -0.390 e. The van der Waals surface area contributed by atoms with Gasteiger partial charge in [-0.3, -0.25) is 14.5 Å². The first-order chi connectivity index (χ1) is 12.5. The number of hydrogen-bond acceptors (Lipinski definition) is 4. The van der Waals surface area contributed by atoms with Crippen molar-refractivity contribution in [2.75, 3.05) is 6.54 Å². The molecule has 2 aliphatic heterocycles. The van der Waals surface area contributed by atoms with E-state index in [1.165, 1.54) is 4.90 Å². The van der Waals surface area contributed by atoms with E-state index in [2.05, 4.69) is 5.16 Å². The summed E-state index contributed by atoms with van der Waals surface area (Å²) in [6.45, 7) is 4.12. The van der Waals surface area contributed by atoms with Crippen LogP contribution >= 0.6 is 0 Å². The van der Waals surface area contributed by atoms with Crippen LogP contribution in [0.3, 0.4) is 0 Å². The molecule has 0 saturated heterocycles. The van der Waals surface area contributed by atoms with Crippen molar-refractivity contribution in [3.05, 3.63) is 71.3 Å². The molecule has 4 rings (SSSR count). The smallest absolute Gasteiger partial charge is 0.261 e. The highest BCUT2D eigenvalue weighted by molar-refractivity contribution is 6.22. The van der Waals surface area contributed by atoms with Crippen LogP contribution in [0, 0.1) is 0 Å². The molecule has 2 heterocycles. The highest BCUT2D eigenvalue weighted by Gasteiger charge is 2.40. The van der Waals surface area contributed by atoms with Crippen molar-refractivity contribution in [3.63, 3.8) is 0 Å². The summed E-state index contributed by atoms with van der Waals surface area (Å²) in [6, 6.07) is 16.9. The van der Waals surface area contributed by atoms with Crippen LogP contribution in [0.4, 0.5) is 0 Å². The Labute approximate surface area is 152 Å². The summed E-state index contributed by atoms with van der Waals surface area (Å²) in [6.07, 6.45) is 0.735. The van der Waals surface area contributed by atoms with Gasteiger partial charge >= 0.3 is 0 Å². The van der Waals surface area contributed by atoms with Gasteiger partial charge in [0.25, 0.3) is 11.8 Å². The van der Waals surface area contributed by atoms with E-state index in [1.54, 1.807) is 24.3 Å². The van der Waals surface area contributed by atoms with Crippen molar-refractivity contribution in [1.82, 2.24) is 4.90 Å². The van der Waals surface area contributed by atoms with Gasteiger partial charge in [-0.15, -0.1) is 0 Å². The van der Waals surface area contributed by atoms with Crippen LogP contribution in [0.1, 0.15) is 52.5 Å². The molecule has 0 N–H and O–H groups in total. The Morgan fingerprint density at radius 3 is 2.19 bits per heavy atom. The van der Waals surface area contributed by atoms with Crippen molar-refractivity contribution in [3.8, 4) is 0 Å². The quantitative estimate of drug-likeness (QED) is 0.796. The predicted molar refractivity (Wildman–Crippen MR) is 98.2 cm³/mol. The first-order valence-corrected chi connectivity index (χ1v) is 8.71. The normalized spacial score (nSPS) is 21.2. The molecule has 0 fully saturated rings. The zero-order chi connectivity index (χ0) is 18.3. The van der Waals surface area contributed by atoms with Gasteiger partial charge in [-0.25, -0.2) is 0 Å². The molecule has 0 aliphatic carbocycles. The van der Waals surface area contributed by atoms with E-state index in [0.717, 1.165) is 12.0 Å². The fourth-order valence-electron chi connectivity index (χ4n) is 3.57. The highest BCUT2D eigenvalue weighted by Crippen LogP contribution is 2.35. The van der Waals surface area contributed by atoms with Crippen molar-refractivity contribution in [2.24, 2.45) is 5.16 Å². The van der Waals surface area contributed by atoms with Gasteiger partial charge in [0.2, 0.25) is 0 Å². The lowest BCUT2D eigenvalue weighted by atomic mass is 9.83. The molecule has 26 heavy (non-hydrogen) atoms. The second kappa shape index (κ2) is 6.09. The van der Waals surface area contributed by atoms with Crippen LogP contribution in [0.2, 0.25) is 0 Å². The summed E-state index contributed by atoms with van der Waals surface area (Å²) in [5.74, 6) is -0.542. The van der Waals surface area contributed by atoms with Crippen LogP contribution in [0.15, 0.2) is 59.8 Å². The second-order valence-corrected chi connectivity index (χ2v) is 7.34. The Balaban J connectivity index is 1.65. The monoisotopic (exact) mass is 348 g/mol. The Hall–Kier alpha value is -2.95. The Kier molecular flexibility index (Phi) is 3.87. The zero-order valence-electron chi connectivity index (χ0n) is 14.8. The SMILES string of the molecule is CC1(C)C[C@@H](c2ccccc2)C(CN2C(=O)c3ccccc3C2=O)=NO1. The zero-order valence-corrected chi connectivity index (χ0v) is 14.8. The third kappa shape index (κ3) is 2.79. The number of carbonyl (C=O) groups excluding carboxylic acids is 2. The average Bonchev–Trinajstić information content (AvgIpc) is 2.89. The number of fused-ring (bicyclic) bond motifs is 1. The van der Waals surface area contributed by atoms with Gasteiger partial charge in [0.1, 0.15) is 5.60 Å². The third-order valence-electron chi connectivity index (χ3n) is 4.91. The first-order valence-electron chi connectivity index (χ1n) is 8.71. The molecule has 0 bridgehead atoms. The standard InChI is InChI=1S/C21H20N2O3/c1-21(2)12-17(14-8-4-3-5-9-14)18(22-26-21)13-23-19(24)15-10-6-7-11-16(15)20(23)25/h3-11,17H,12-13H2,1-2H3/t17-/m0/s1. The Morgan fingerprint density at radius 1 is 1.00 bits per heavy atom. The maximum Gasteiger partial charge on any atom is 0.261 e. The lowest BCUT2D eigenvalue weighted by Crippen LogP contribution is -2.41. The average molecular weight is 348 g/mol. The van der Waals surface area contributed by atoms with Gasteiger partial charge in [0.05, 0.1) is 23.4 Å². The van der Waals surface area contributed by atoms with E-state index in [0.29, 0.717) is 16.8 Å². The number of imide groups is 1. The van der Waals surface area contributed by atoms with E-state index in [1.807, 2.05) is 44.2 Å². The van der Waals surface area contributed by atoms with Crippen LogP contribution in [0.25, 0.3) is 0 Å². The van der Waals surface area contributed by atoms with E-state index >= 15 is 0 Å². The van der Waals surface area contributed by atoms with E-state index < -0.39 is 5.60 Å². The van der Waals surface area contributed by atoms with Gasteiger partial charge in [0, 0.05) is 12.3 Å². The summed E-state index contributed by atoms with van der Waals surface area (Å²) in [7, 11) is 0. The Morgan fingerprint density at radius 2 is 1.58 bits per heavy atom. The summed E-state index contributed by atoms with van der Waals surface area (Å²) < 4.78 is 0. The maximum absolute atomic E-state index is 12.7. The van der Waals surface area contributed by atoms with Gasteiger partial charge in [-0.2, -0.15) is 0 Å². The number of hydrogen-bond donors (Lipinski definition) is 0. The number of carbonyl (C=O) groups is 2. The fourth-order valence-corrected chi connectivity index (χ4v) is 3.57. The molecule has 0 unspecified atom stereocenters. The largest absolute Gasteiger partial charge is 0.390 e.